The minimum atomic E-state index is 0.737. The smallest absolute Gasteiger partial charge is 0.0887 e. The number of aromatic nitrogens is 2. The van der Waals surface area contributed by atoms with Gasteiger partial charge in [0.05, 0.1) is 11.4 Å². The first kappa shape index (κ1) is 10.8. The molecule has 2 N–H and O–H groups in total. The Balaban J connectivity index is 2.27. The summed E-state index contributed by atoms with van der Waals surface area (Å²) in [5, 5.41) is 1.22. The molecule has 0 saturated heterocycles. The van der Waals surface area contributed by atoms with Crippen molar-refractivity contribution in [2.75, 3.05) is 5.73 Å². The normalized spacial score (nSPS) is 11.0. The topological polar surface area (TPSA) is 43.8 Å². The maximum atomic E-state index is 5.82. The molecule has 3 rings (SSSR count). The highest BCUT2D eigenvalue weighted by Gasteiger charge is 2.09. The third-order valence-electron chi connectivity index (χ3n) is 3.25. The highest BCUT2D eigenvalue weighted by molar-refractivity contribution is 5.87. The van der Waals surface area contributed by atoms with Gasteiger partial charge in [0.15, 0.2) is 0 Å². The molecule has 0 radical (unpaired) electrons. The lowest BCUT2D eigenvalue weighted by atomic mass is 10.2. The SMILES string of the molecule is Cc1ccc2cc(-c3cc(N)ccn3)n(C)c2c1. The van der Waals surface area contributed by atoms with Gasteiger partial charge < -0.3 is 10.3 Å². The molecule has 0 atom stereocenters. The minimum Gasteiger partial charge on any atom is -0.399 e. The Morgan fingerprint density at radius 1 is 1.11 bits per heavy atom. The summed E-state index contributed by atoms with van der Waals surface area (Å²) < 4.78 is 2.16. The second-order valence-electron chi connectivity index (χ2n) is 4.63. The molecule has 0 fully saturated rings. The lowest BCUT2D eigenvalue weighted by molar-refractivity contribution is 0.970. The third-order valence-corrected chi connectivity index (χ3v) is 3.25. The molecule has 3 nitrogen and oxygen atoms in total. The third kappa shape index (κ3) is 1.64. The fourth-order valence-electron chi connectivity index (χ4n) is 2.27. The predicted octanol–water partition coefficient (Wildman–Crippen LogP) is 3.13. The fourth-order valence-corrected chi connectivity index (χ4v) is 2.27. The second kappa shape index (κ2) is 3.88. The van der Waals surface area contributed by atoms with Crippen molar-refractivity contribution >= 4 is 16.6 Å². The average molecular weight is 237 g/mol. The van der Waals surface area contributed by atoms with Crippen molar-refractivity contribution in [1.29, 1.82) is 0 Å². The largest absolute Gasteiger partial charge is 0.399 e. The zero-order chi connectivity index (χ0) is 12.7. The van der Waals surface area contributed by atoms with E-state index in [9.17, 15) is 0 Å². The highest BCUT2D eigenvalue weighted by atomic mass is 15.0. The number of hydrogen-bond acceptors (Lipinski definition) is 2. The molecular weight excluding hydrogens is 222 g/mol. The molecule has 2 heterocycles. The van der Waals surface area contributed by atoms with Gasteiger partial charge in [-0.25, -0.2) is 0 Å². The molecule has 0 saturated carbocycles. The van der Waals surface area contributed by atoms with Gasteiger partial charge in [-0.1, -0.05) is 12.1 Å². The molecule has 90 valence electrons. The molecule has 0 aliphatic rings. The van der Waals surface area contributed by atoms with Gasteiger partial charge in [-0.15, -0.1) is 0 Å². The van der Waals surface area contributed by atoms with E-state index in [1.54, 1.807) is 12.3 Å². The number of nitrogen functional groups attached to an aromatic ring is 1. The summed E-state index contributed by atoms with van der Waals surface area (Å²) in [6, 6.07) is 12.3. The van der Waals surface area contributed by atoms with Crippen LogP contribution >= 0.6 is 0 Å². The van der Waals surface area contributed by atoms with Gasteiger partial charge in [0.2, 0.25) is 0 Å². The van der Waals surface area contributed by atoms with Crippen LogP contribution in [0.4, 0.5) is 5.69 Å². The Kier molecular flexibility index (Phi) is 2.33. The summed E-state index contributed by atoms with van der Waals surface area (Å²) in [4.78, 5) is 4.39. The van der Waals surface area contributed by atoms with Crippen LogP contribution in [-0.4, -0.2) is 9.55 Å². The summed E-state index contributed by atoms with van der Waals surface area (Å²) in [6.45, 7) is 2.10. The molecule has 3 aromatic rings. The fraction of sp³-hybridized carbons (Fsp3) is 0.133. The van der Waals surface area contributed by atoms with Gasteiger partial charge in [-0.05, 0) is 36.8 Å². The number of anilines is 1. The van der Waals surface area contributed by atoms with Crippen molar-refractivity contribution in [2.24, 2.45) is 7.05 Å². The summed E-state index contributed by atoms with van der Waals surface area (Å²) in [5.41, 5.74) is 11.0. The molecule has 0 aliphatic heterocycles. The Morgan fingerprint density at radius 2 is 1.94 bits per heavy atom. The first-order valence-electron chi connectivity index (χ1n) is 5.93. The lowest BCUT2D eigenvalue weighted by Crippen LogP contribution is -1.94. The van der Waals surface area contributed by atoms with Gasteiger partial charge in [-0.2, -0.15) is 0 Å². The monoisotopic (exact) mass is 237 g/mol. The Morgan fingerprint density at radius 3 is 2.72 bits per heavy atom. The Labute approximate surface area is 106 Å². The lowest BCUT2D eigenvalue weighted by Gasteiger charge is -2.04. The van der Waals surface area contributed by atoms with Crippen molar-refractivity contribution in [2.45, 2.75) is 6.92 Å². The van der Waals surface area contributed by atoms with Crippen LogP contribution in [0.25, 0.3) is 22.3 Å². The van der Waals surface area contributed by atoms with Crippen molar-refractivity contribution in [3.8, 4) is 11.4 Å². The first-order chi connectivity index (χ1) is 8.65. The highest BCUT2D eigenvalue weighted by Crippen LogP contribution is 2.27. The van der Waals surface area contributed by atoms with E-state index < -0.39 is 0 Å². The van der Waals surface area contributed by atoms with Gasteiger partial charge in [0.25, 0.3) is 0 Å². The van der Waals surface area contributed by atoms with Crippen LogP contribution in [0, 0.1) is 6.92 Å². The van der Waals surface area contributed by atoms with Crippen LogP contribution in [0.15, 0.2) is 42.6 Å². The van der Waals surface area contributed by atoms with Crippen LogP contribution in [0.1, 0.15) is 5.56 Å². The van der Waals surface area contributed by atoms with Crippen molar-refractivity contribution in [3.05, 3.63) is 48.2 Å². The van der Waals surface area contributed by atoms with E-state index in [0.29, 0.717) is 0 Å². The van der Waals surface area contributed by atoms with E-state index in [4.69, 9.17) is 5.73 Å². The van der Waals surface area contributed by atoms with Crippen LogP contribution in [-0.2, 0) is 7.05 Å². The molecule has 18 heavy (non-hydrogen) atoms. The summed E-state index contributed by atoms with van der Waals surface area (Å²) >= 11 is 0. The van der Waals surface area contributed by atoms with Crippen molar-refractivity contribution in [3.63, 3.8) is 0 Å². The van der Waals surface area contributed by atoms with E-state index in [1.165, 1.54) is 16.5 Å². The number of benzene rings is 1. The number of nitrogens with two attached hydrogens (primary N) is 1. The van der Waals surface area contributed by atoms with Crippen LogP contribution < -0.4 is 5.73 Å². The van der Waals surface area contributed by atoms with E-state index in [0.717, 1.165) is 17.1 Å². The number of nitrogens with zero attached hydrogens (tertiary/aromatic N) is 2. The number of pyridine rings is 1. The Bertz CT molecular complexity index is 726. The molecule has 0 unspecified atom stereocenters. The first-order valence-corrected chi connectivity index (χ1v) is 5.93. The molecule has 1 aromatic carbocycles. The number of hydrogen-bond donors (Lipinski definition) is 1. The molecule has 0 bridgehead atoms. The molecule has 2 aromatic heterocycles. The average Bonchev–Trinajstić information content (AvgIpc) is 2.67. The van der Waals surface area contributed by atoms with Gasteiger partial charge in [0, 0.05) is 29.8 Å². The van der Waals surface area contributed by atoms with Crippen LogP contribution in [0.2, 0.25) is 0 Å². The standard InChI is InChI=1S/C15H15N3/c1-10-3-4-11-8-15(18(2)14(11)7-10)13-9-12(16)5-6-17-13/h3-9H,1-2H3,(H2,16,17). The van der Waals surface area contributed by atoms with E-state index >= 15 is 0 Å². The van der Waals surface area contributed by atoms with E-state index in [-0.39, 0.29) is 0 Å². The van der Waals surface area contributed by atoms with Crippen LogP contribution in [0.3, 0.4) is 0 Å². The van der Waals surface area contributed by atoms with Crippen molar-refractivity contribution < 1.29 is 0 Å². The molecule has 0 aliphatic carbocycles. The summed E-state index contributed by atoms with van der Waals surface area (Å²) in [7, 11) is 2.06. The Hall–Kier alpha value is -2.29. The van der Waals surface area contributed by atoms with Crippen molar-refractivity contribution in [1.82, 2.24) is 9.55 Å². The van der Waals surface area contributed by atoms with E-state index in [1.807, 2.05) is 6.07 Å². The maximum absolute atomic E-state index is 5.82. The molecular formula is C15H15N3. The number of rotatable bonds is 1. The van der Waals surface area contributed by atoms with Gasteiger partial charge in [0.1, 0.15) is 0 Å². The van der Waals surface area contributed by atoms with E-state index in [2.05, 4.69) is 47.8 Å². The zero-order valence-electron chi connectivity index (χ0n) is 10.5. The molecule has 3 heteroatoms. The second-order valence-corrected chi connectivity index (χ2v) is 4.63. The van der Waals surface area contributed by atoms with Gasteiger partial charge >= 0.3 is 0 Å². The quantitative estimate of drug-likeness (QED) is 0.706. The summed E-state index contributed by atoms with van der Waals surface area (Å²) in [6.07, 6.45) is 1.74. The molecule has 0 amide bonds. The molecule has 0 spiro atoms. The predicted molar refractivity (Wildman–Crippen MR) is 75.3 cm³/mol. The zero-order valence-corrected chi connectivity index (χ0v) is 10.5. The number of aryl methyl sites for hydroxylation is 2. The van der Waals surface area contributed by atoms with Gasteiger partial charge in [-0.3, -0.25) is 4.98 Å². The maximum Gasteiger partial charge on any atom is 0.0887 e. The number of fused-ring (bicyclic) bond motifs is 1. The summed E-state index contributed by atoms with van der Waals surface area (Å²) in [5.74, 6) is 0. The van der Waals surface area contributed by atoms with Crippen LogP contribution in [0.5, 0.6) is 0 Å². The minimum absolute atomic E-state index is 0.737.